The number of pyridine rings is 1. The van der Waals surface area contributed by atoms with E-state index in [1.165, 1.54) is 23.2 Å². The minimum atomic E-state index is -4.55. The second kappa shape index (κ2) is 9.71. The van der Waals surface area contributed by atoms with Crippen molar-refractivity contribution in [2.45, 2.75) is 43.5 Å². The molecule has 1 amide bonds. The van der Waals surface area contributed by atoms with E-state index in [9.17, 15) is 27.9 Å². The Hall–Kier alpha value is -4.31. The van der Waals surface area contributed by atoms with Crippen LogP contribution in [0.4, 0.5) is 13.2 Å². The van der Waals surface area contributed by atoms with Crippen LogP contribution in [0.3, 0.4) is 0 Å². The van der Waals surface area contributed by atoms with E-state index in [2.05, 4.69) is 9.97 Å². The number of aliphatic hydroxyl groups is 1. The molecule has 0 radical (unpaired) electrons. The first-order valence-corrected chi connectivity index (χ1v) is 12.9. The van der Waals surface area contributed by atoms with Gasteiger partial charge in [-0.1, -0.05) is 48.5 Å². The number of H-pyrrole nitrogens is 1. The third-order valence-corrected chi connectivity index (χ3v) is 7.75. The molecular weight excluding hydrogens is 521 g/mol. The smallest absolute Gasteiger partial charge is 0.378 e. The first-order valence-electron chi connectivity index (χ1n) is 12.9. The normalized spacial score (nSPS) is 16.8. The van der Waals surface area contributed by atoms with E-state index in [4.69, 9.17) is 4.98 Å². The van der Waals surface area contributed by atoms with Crippen LogP contribution in [0.2, 0.25) is 0 Å². The molecule has 204 valence electrons. The summed E-state index contributed by atoms with van der Waals surface area (Å²) in [6.07, 6.45) is -1.91. The molecule has 40 heavy (non-hydrogen) atoms. The van der Waals surface area contributed by atoms with Crippen LogP contribution in [0, 0.1) is 0 Å². The highest BCUT2D eigenvalue weighted by atomic mass is 19.4. The molecule has 1 aliphatic carbocycles. The van der Waals surface area contributed by atoms with Gasteiger partial charge in [0.2, 0.25) is 0 Å². The second-order valence-electron chi connectivity index (χ2n) is 10.3. The second-order valence-corrected chi connectivity index (χ2v) is 10.3. The fourth-order valence-electron chi connectivity index (χ4n) is 5.34. The summed E-state index contributed by atoms with van der Waals surface area (Å²) in [4.78, 5) is 39.2. The third-order valence-electron chi connectivity index (χ3n) is 7.75. The standard InChI is InChI=1S/C30H25F3N4O3/c31-30(32,33)22-14-20(15-34-16-22)18-5-4-6-19(13-18)25(38)27(40)37-12-9-24-23(17-37)26(39)36-28(35-24)29(10-11-29)21-7-2-1-3-8-21/h1-8,13-16,25,38H,9-12,17H2,(H,35,36,39)/t25-/m1/s1. The Kier molecular flexibility index (Phi) is 6.29. The fourth-order valence-corrected chi connectivity index (χ4v) is 5.34. The average molecular weight is 547 g/mol. The van der Waals surface area contributed by atoms with Gasteiger partial charge < -0.3 is 15.0 Å². The molecule has 3 heterocycles. The summed E-state index contributed by atoms with van der Waals surface area (Å²) in [5.41, 5.74) is 1.49. The predicted molar refractivity (Wildman–Crippen MR) is 140 cm³/mol. The van der Waals surface area contributed by atoms with Crippen molar-refractivity contribution in [3.8, 4) is 11.1 Å². The molecule has 2 aliphatic rings. The lowest BCUT2D eigenvalue weighted by molar-refractivity contribution is -0.141. The largest absolute Gasteiger partial charge is 0.417 e. The van der Waals surface area contributed by atoms with E-state index in [1.54, 1.807) is 12.1 Å². The van der Waals surface area contributed by atoms with Crippen molar-refractivity contribution < 1.29 is 23.1 Å². The maximum Gasteiger partial charge on any atom is 0.417 e. The zero-order valence-corrected chi connectivity index (χ0v) is 21.3. The molecule has 0 spiro atoms. The number of benzene rings is 2. The zero-order valence-electron chi connectivity index (χ0n) is 21.3. The van der Waals surface area contributed by atoms with Crippen molar-refractivity contribution >= 4 is 5.91 Å². The average Bonchev–Trinajstić information content (AvgIpc) is 3.79. The number of aliphatic hydroxyl groups excluding tert-OH is 1. The molecule has 10 heteroatoms. The van der Waals surface area contributed by atoms with E-state index < -0.39 is 23.8 Å². The number of carbonyl (C=O) groups is 1. The van der Waals surface area contributed by atoms with Crippen LogP contribution in [0.15, 0.2) is 77.9 Å². The number of alkyl halides is 3. The van der Waals surface area contributed by atoms with Gasteiger partial charge in [0.05, 0.1) is 28.8 Å². The van der Waals surface area contributed by atoms with Gasteiger partial charge in [-0.05, 0) is 41.7 Å². The molecule has 6 rings (SSSR count). The number of rotatable bonds is 5. The SMILES string of the molecule is O=C([C@H](O)c1cccc(-c2cncc(C(F)(F)F)c2)c1)N1CCc2nc(C3(c4ccccc4)CC3)[nH]c(=O)c2C1. The molecule has 2 aromatic carbocycles. The zero-order chi connectivity index (χ0) is 28.1. The van der Waals surface area contributed by atoms with Crippen molar-refractivity contribution in [2.75, 3.05) is 6.54 Å². The van der Waals surface area contributed by atoms with E-state index >= 15 is 0 Å². The molecule has 1 aliphatic heterocycles. The minimum Gasteiger partial charge on any atom is -0.378 e. The van der Waals surface area contributed by atoms with E-state index in [0.717, 1.165) is 30.7 Å². The summed E-state index contributed by atoms with van der Waals surface area (Å²) in [6.45, 7) is 0.276. The van der Waals surface area contributed by atoms with Gasteiger partial charge in [-0.2, -0.15) is 13.2 Å². The first kappa shape index (κ1) is 25.9. The molecule has 0 saturated heterocycles. The van der Waals surface area contributed by atoms with Gasteiger partial charge in [0.25, 0.3) is 11.5 Å². The van der Waals surface area contributed by atoms with Gasteiger partial charge >= 0.3 is 6.18 Å². The molecule has 2 aromatic heterocycles. The molecule has 0 bridgehead atoms. The topological polar surface area (TPSA) is 99.2 Å². The van der Waals surface area contributed by atoms with Crippen molar-refractivity contribution in [3.05, 3.63) is 117 Å². The first-order chi connectivity index (χ1) is 19.2. The lowest BCUT2D eigenvalue weighted by atomic mass is 9.94. The van der Waals surface area contributed by atoms with Crippen LogP contribution < -0.4 is 5.56 Å². The highest BCUT2D eigenvalue weighted by molar-refractivity contribution is 5.83. The van der Waals surface area contributed by atoms with Crippen LogP contribution >= 0.6 is 0 Å². The van der Waals surface area contributed by atoms with Gasteiger partial charge in [-0.15, -0.1) is 0 Å². The van der Waals surface area contributed by atoms with Gasteiger partial charge in [-0.3, -0.25) is 14.6 Å². The number of nitrogens with zero attached hydrogens (tertiary/aromatic N) is 3. The van der Waals surface area contributed by atoms with Crippen LogP contribution in [0.25, 0.3) is 11.1 Å². The summed E-state index contributed by atoms with van der Waals surface area (Å²) >= 11 is 0. The number of aromatic nitrogens is 3. The summed E-state index contributed by atoms with van der Waals surface area (Å²) < 4.78 is 39.4. The summed E-state index contributed by atoms with van der Waals surface area (Å²) in [6, 6.07) is 17.1. The number of halogens is 3. The summed E-state index contributed by atoms with van der Waals surface area (Å²) in [5.74, 6) is 0.0413. The number of nitrogens with one attached hydrogen (secondary N) is 1. The molecule has 2 N–H and O–H groups in total. The molecule has 1 saturated carbocycles. The maximum atomic E-state index is 13.3. The van der Waals surface area contributed by atoms with Gasteiger partial charge in [-0.25, -0.2) is 4.98 Å². The molecule has 0 unspecified atom stereocenters. The Bertz CT molecular complexity index is 1650. The van der Waals surface area contributed by atoms with Crippen LogP contribution in [-0.2, 0) is 29.4 Å². The van der Waals surface area contributed by atoms with Crippen molar-refractivity contribution in [2.24, 2.45) is 0 Å². The van der Waals surface area contributed by atoms with Gasteiger partial charge in [0, 0.05) is 30.9 Å². The predicted octanol–water partition coefficient (Wildman–Crippen LogP) is 4.55. The number of aromatic amines is 1. The lowest BCUT2D eigenvalue weighted by Gasteiger charge is -2.30. The lowest BCUT2D eigenvalue weighted by Crippen LogP contribution is -2.42. The van der Waals surface area contributed by atoms with Crippen LogP contribution in [0.5, 0.6) is 0 Å². The Labute approximate surface area is 227 Å². The van der Waals surface area contributed by atoms with Crippen molar-refractivity contribution in [1.29, 1.82) is 0 Å². The van der Waals surface area contributed by atoms with E-state index in [0.29, 0.717) is 29.1 Å². The Balaban J connectivity index is 1.22. The Morgan fingerprint density at radius 2 is 1.80 bits per heavy atom. The molecular formula is C30H25F3N4O3. The Morgan fingerprint density at radius 1 is 1.02 bits per heavy atom. The number of amides is 1. The van der Waals surface area contributed by atoms with Gasteiger partial charge in [0.1, 0.15) is 5.82 Å². The van der Waals surface area contributed by atoms with E-state index in [-0.39, 0.29) is 35.2 Å². The minimum absolute atomic E-state index is 0.00339. The third kappa shape index (κ3) is 4.68. The quantitative estimate of drug-likeness (QED) is 0.383. The van der Waals surface area contributed by atoms with Crippen molar-refractivity contribution in [3.63, 3.8) is 0 Å². The number of carbonyl (C=O) groups excluding carboxylic acids is 1. The maximum absolute atomic E-state index is 13.3. The molecule has 1 fully saturated rings. The molecule has 1 atom stereocenters. The summed E-state index contributed by atoms with van der Waals surface area (Å²) in [7, 11) is 0. The highest BCUT2D eigenvalue weighted by Crippen LogP contribution is 2.52. The number of fused-ring (bicyclic) bond motifs is 1. The Morgan fingerprint density at radius 3 is 2.52 bits per heavy atom. The highest BCUT2D eigenvalue weighted by Gasteiger charge is 2.48. The van der Waals surface area contributed by atoms with Crippen LogP contribution in [0.1, 0.15) is 52.7 Å². The number of hydrogen-bond acceptors (Lipinski definition) is 5. The van der Waals surface area contributed by atoms with Crippen LogP contribution in [-0.4, -0.2) is 37.4 Å². The summed E-state index contributed by atoms with van der Waals surface area (Å²) in [5, 5.41) is 10.9. The van der Waals surface area contributed by atoms with Crippen molar-refractivity contribution in [1.82, 2.24) is 19.9 Å². The monoisotopic (exact) mass is 546 g/mol. The fraction of sp³-hybridized carbons (Fsp3) is 0.267. The van der Waals surface area contributed by atoms with E-state index in [1.807, 2.05) is 30.3 Å². The number of hydrogen-bond donors (Lipinski definition) is 2. The van der Waals surface area contributed by atoms with Gasteiger partial charge in [0.15, 0.2) is 6.10 Å². The molecule has 4 aromatic rings. The molecule has 7 nitrogen and oxygen atoms in total.